The molecule has 1 radical (unpaired) electrons. The van der Waals surface area contributed by atoms with Gasteiger partial charge in [-0.1, -0.05) is 0 Å². The average molecular weight is 238 g/mol. The molecule has 0 unspecified atom stereocenters. The van der Waals surface area contributed by atoms with E-state index in [0.717, 1.165) is 5.56 Å². The maximum atomic E-state index is 10.6. The van der Waals surface area contributed by atoms with Crippen LogP contribution in [0.3, 0.4) is 0 Å². The maximum Gasteiger partial charge on any atom is 0.238 e. The second-order valence-electron chi connectivity index (χ2n) is 3.46. The highest BCUT2D eigenvalue weighted by atomic mass is 16.5. The summed E-state index contributed by atoms with van der Waals surface area (Å²) in [6.07, 6.45) is 0.664. The Balaban J connectivity index is 3.04. The SMILES string of the molecule is COc1cc(CCC([NH])=O)cc(OC)c1OC. The number of ether oxygens (including phenoxy) is 3. The van der Waals surface area contributed by atoms with Crippen molar-refractivity contribution in [2.75, 3.05) is 21.3 Å². The third-order valence-corrected chi connectivity index (χ3v) is 2.37. The summed E-state index contributed by atoms with van der Waals surface area (Å²) in [6.45, 7) is 0. The van der Waals surface area contributed by atoms with Gasteiger partial charge in [0.05, 0.1) is 21.3 Å². The molecule has 93 valence electrons. The van der Waals surface area contributed by atoms with Crippen LogP contribution in [0.2, 0.25) is 0 Å². The van der Waals surface area contributed by atoms with E-state index >= 15 is 0 Å². The molecule has 1 aromatic carbocycles. The zero-order chi connectivity index (χ0) is 12.8. The Kier molecular flexibility index (Phi) is 4.63. The van der Waals surface area contributed by atoms with Crippen LogP contribution in [0.15, 0.2) is 12.1 Å². The van der Waals surface area contributed by atoms with Gasteiger partial charge in [-0.25, -0.2) is 0 Å². The summed E-state index contributed by atoms with van der Waals surface area (Å²) < 4.78 is 15.6. The smallest absolute Gasteiger partial charge is 0.238 e. The number of nitrogens with one attached hydrogen (secondary N) is 1. The van der Waals surface area contributed by atoms with E-state index in [9.17, 15) is 4.79 Å². The molecular formula is C12H16NO4. The Morgan fingerprint density at radius 2 is 1.65 bits per heavy atom. The first kappa shape index (κ1) is 13.2. The van der Waals surface area contributed by atoms with Crippen LogP contribution in [-0.2, 0) is 11.2 Å². The Bertz CT molecular complexity index is 378. The minimum absolute atomic E-state index is 0.179. The highest BCUT2D eigenvalue weighted by Gasteiger charge is 2.13. The molecule has 1 N–H and O–H groups in total. The highest BCUT2D eigenvalue weighted by molar-refractivity contribution is 5.73. The van der Waals surface area contributed by atoms with Gasteiger partial charge in [0.15, 0.2) is 11.5 Å². The highest BCUT2D eigenvalue weighted by Crippen LogP contribution is 2.38. The van der Waals surface area contributed by atoms with Crippen LogP contribution in [-0.4, -0.2) is 27.2 Å². The Morgan fingerprint density at radius 3 is 2.00 bits per heavy atom. The number of aryl methyl sites for hydroxylation is 1. The fraction of sp³-hybridized carbons (Fsp3) is 0.417. The molecule has 1 amide bonds. The topological polar surface area (TPSA) is 68.6 Å². The number of hydrogen-bond donors (Lipinski definition) is 0. The minimum Gasteiger partial charge on any atom is -0.493 e. The molecule has 17 heavy (non-hydrogen) atoms. The fourth-order valence-electron chi connectivity index (χ4n) is 1.54. The molecule has 0 heterocycles. The zero-order valence-electron chi connectivity index (χ0n) is 10.2. The van der Waals surface area contributed by atoms with Gasteiger partial charge in [-0.15, -0.1) is 0 Å². The van der Waals surface area contributed by atoms with E-state index in [4.69, 9.17) is 19.9 Å². The van der Waals surface area contributed by atoms with E-state index < -0.39 is 5.91 Å². The largest absolute Gasteiger partial charge is 0.493 e. The third kappa shape index (κ3) is 3.27. The third-order valence-electron chi connectivity index (χ3n) is 2.37. The second kappa shape index (κ2) is 5.98. The molecule has 0 fully saturated rings. The van der Waals surface area contributed by atoms with Crippen molar-refractivity contribution in [3.63, 3.8) is 0 Å². The number of amides is 1. The van der Waals surface area contributed by atoms with Crippen LogP contribution in [0.4, 0.5) is 0 Å². The number of methoxy groups -OCH3 is 3. The molecular weight excluding hydrogens is 222 g/mol. The van der Waals surface area contributed by atoms with Crippen LogP contribution < -0.4 is 19.9 Å². The Hall–Kier alpha value is -1.91. The predicted molar refractivity (Wildman–Crippen MR) is 62.5 cm³/mol. The summed E-state index contributed by atoms with van der Waals surface area (Å²) in [6, 6.07) is 3.56. The standard InChI is InChI=1S/C12H16NO4/c1-15-9-6-8(4-5-11(13)14)7-10(16-2)12(9)17-3/h6-7,13H,4-5H2,1-3H3. The molecule has 0 aromatic heterocycles. The van der Waals surface area contributed by atoms with Crippen LogP contribution in [0.1, 0.15) is 12.0 Å². The van der Waals surface area contributed by atoms with Gasteiger partial charge in [-0.2, -0.15) is 0 Å². The molecule has 0 bridgehead atoms. The summed E-state index contributed by atoms with van der Waals surface area (Å²) >= 11 is 0. The zero-order valence-corrected chi connectivity index (χ0v) is 10.2. The van der Waals surface area contributed by atoms with Gasteiger partial charge in [0.2, 0.25) is 11.7 Å². The first-order chi connectivity index (χ1) is 8.12. The van der Waals surface area contributed by atoms with Crippen LogP contribution in [0.25, 0.3) is 0 Å². The molecule has 0 aliphatic rings. The summed E-state index contributed by atoms with van der Waals surface area (Å²) in [5.74, 6) is 1.05. The Morgan fingerprint density at radius 1 is 1.12 bits per heavy atom. The summed E-state index contributed by atoms with van der Waals surface area (Å²) in [7, 11) is 4.61. The van der Waals surface area contributed by atoms with Crippen molar-refractivity contribution in [1.82, 2.24) is 5.73 Å². The molecule has 0 atom stereocenters. The lowest BCUT2D eigenvalue weighted by atomic mass is 10.1. The second-order valence-corrected chi connectivity index (χ2v) is 3.46. The first-order valence-corrected chi connectivity index (χ1v) is 5.15. The van der Waals surface area contributed by atoms with Crippen LogP contribution in [0.5, 0.6) is 17.2 Å². The van der Waals surface area contributed by atoms with Crippen molar-refractivity contribution in [2.45, 2.75) is 12.8 Å². The van der Waals surface area contributed by atoms with E-state index in [-0.39, 0.29) is 6.42 Å². The monoisotopic (exact) mass is 238 g/mol. The number of hydrogen-bond acceptors (Lipinski definition) is 4. The molecule has 0 saturated heterocycles. The van der Waals surface area contributed by atoms with E-state index in [2.05, 4.69) is 0 Å². The molecule has 5 heteroatoms. The van der Waals surface area contributed by atoms with Gasteiger partial charge >= 0.3 is 0 Å². The van der Waals surface area contributed by atoms with Crippen molar-refractivity contribution in [3.05, 3.63) is 17.7 Å². The van der Waals surface area contributed by atoms with Crippen molar-refractivity contribution in [1.29, 1.82) is 0 Å². The Labute approximate surface area is 100 Å². The van der Waals surface area contributed by atoms with E-state index in [0.29, 0.717) is 23.7 Å². The predicted octanol–water partition coefficient (Wildman–Crippen LogP) is 1.45. The van der Waals surface area contributed by atoms with Crippen molar-refractivity contribution in [2.24, 2.45) is 0 Å². The van der Waals surface area contributed by atoms with Gasteiger partial charge < -0.3 is 14.2 Å². The van der Waals surface area contributed by atoms with Gasteiger partial charge in [-0.05, 0) is 24.1 Å². The van der Waals surface area contributed by atoms with E-state index in [1.54, 1.807) is 12.1 Å². The quantitative estimate of drug-likeness (QED) is 0.752. The molecule has 0 aliphatic heterocycles. The van der Waals surface area contributed by atoms with E-state index in [1.165, 1.54) is 21.3 Å². The lowest BCUT2D eigenvalue weighted by Crippen LogP contribution is -2.01. The molecule has 5 nitrogen and oxygen atoms in total. The molecule has 0 saturated carbocycles. The number of carbonyl (C=O) groups excluding carboxylic acids is 1. The van der Waals surface area contributed by atoms with Gasteiger partial charge in [0.25, 0.3) is 0 Å². The number of rotatable bonds is 6. The van der Waals surface area contributed by atoms with Crippen molar-refractivity contribution < 1.29 is 19.0 Å². The van der Waals surface area contributed by atoms with Crippen molar-refractivity contribution >= 4 is 5.91 Å². The number of benzene rings is 1. The molecule has 1 aromatic rings. The summed E-state index contributed by atoms with van der Waals surface area (Å²) in [4.78, 5) is 10.6. The number of carbonyl (C=O) groups is 1. The van der Waals surface area contributed by atoms with Gasteiger partial charge in [-0.3, -0.25) is 10.5 Å². The first-order valence-electron chi connectivity index (χ1n) is 5.15. The minimum atomic E-state index is -0.584. The molecule has 0 spiro atoms. The van der Waals surface area contributed by atoms with Gasteiger partial charge in [0.1, 0.15) is 0 Å². The normalized spacial score (nSPS) is 9.82. The van der Waals surface area contributed by atoms with Crippen LogP contribution in [0, 0.1) is 0 Å². The average Bonchev–Trinajstić information content (AvgIpc) is 2.34. The van der Waals surface area contributed by atoms with Crippen LogP contribution >= 0.6 is 0 Å². The maximum absolute atomic E-state index is 10.6. The summed E-state index contributed by atoms with van der Waals surface area (Å²) in [5, 5.41) is 0. The lowest BCUT2D eigenvalue weighted by Gasteiger charge is -2.13. The lowest BCUT2D eigenvalue weighted by molar-refractivity contribution is -0.118. The molecule has 0 aliphatic carbocycles. The fourth-order valence-corrected chi connectivity index (χ4v) is 1.54. The van der Waals surface area contributed by atoms with E-state index in [1.807, 2.05) is 0 Å². The summed E-state index contributed by atoms with van der Waals surface area (Å²) in [5.41, 5.74) is 7.75. The van der Waals surface area contributed by atoms with Crippen molar-refractivity contribution in [3.8, 4) is 17.2 Å². The molecule has 1 rings (SSSR count). The van der Waals surface area contributed by atoms with Gasteiger partial charge in [0, 0.05) is 6.42 Å².